The standard InChI is InChI=1S/C29H28ClN5O3S/c1-19-23(30)9-5-11-24(19)35-26(17-31-28(37)21-12-14-22(38-2)15-13-21)32-33-29(35)39-18-27(36)34-16-6-8-20-7-3-4-10-25(20)34/h3-5,7,9-15H,6,8,16-18H2,1-2H3,(H,31,37). The summed E-state index contributed by atoms with van der Waals surface area (Å²) in [5.74, 6) is 1.17. The lowest BCUT2D eigenvalue weighted by atomic mass is 10.0. The van der Waals surface area contributed by atoms with Crippen molar-refractivity contribution in [3.63, 3.8) is 0 Å². The van der Waals surface area contributed by atoms with Gasteiger partial charge >= 0.3 is 0 Å². The number of carbonyl (C=O) groups is 2. The van der Waals surface area contributed by atoms with Crippen LogP contribution in [0.3, 0.4) is 0 Å². The lowest BCUT2D eigenvalue weighted by molar-refractivity contribution is -0.116. The predicted octanol–water partition coefficient (Wildman–Crippen LogP) is 5.24. The number of fused-ring (bicyclic) bond motifs is 1. The van der Waals surface area contributed by atoms with Crippen molar-refractivity contribution in [2.24, 2.45) is 0 Å². The smallest absolute Gasteiger partial charge is 0.251 e. The molecule has 0 bridgehead atoms. The molecule has 39 heavy (non-hydrogen) atoms. The van der Waals surface area contributed by atoms with Gasteiger partial charge in [0.05, 0.1) is 25.1 Å². The van der Waals surface area contributed by atoms with Crippen LogP contribution in [0, 0.1) is 6.92 Å². The number of hydrogen-bond acceptors (Lipinski definition) is 6. The van der Waals surface area contributed by atoms with Crippen LogP contribution in [0.2, 0.25) is 5.02 Å². The molecular formula is C29H28ClN5O3S. The average Bonchev–Trinajstić information content (AvgIpc) is 3.38. The Labute approximate surface area is 236 Å². The Bertz CT molecular complexity index is 1510. The third-order valence-electron chi connectivity index (χ3n) is 6.68. The molecule has 0 unspecified atom stereocenters. The molecule has 0 fully saturated rings. The van der Waals surface area contributed by atoms with Crippen molar-refractivity contribution < 1.29 is 14.3 Å². The number of nitrogens with zero attached hydrogens (tertiary/aromatic N) is 4. The van der Waals surface area contributed by atoms with Gasteiger partial charge in [0.15, 0.2) is 11.0 Å². The van der Waals surface area contributed by atoms with Gasteiger partial charge in [-0.25, -0.2) is 0 Å². The van der Waals surface area contributed by atoms with Gasteiger partial charge in [-0.2, -0.15) is 0 Å². The van der Waals surface area contributed by atoms with Crippen LogP contribution in [0.4, 0.5) is 5.69 Å². The number of aromatic nitrogens is 3. The summed E-state index contributed by atoms with van der Waals surface area (Å²) in [6.07, 6.45) is 1.91. The Balaban J connectivity index is 1.37. The van der Waals surface area contributed by atoms with Crippen LogP contribution in [0.5, 0.6) is 5.75 Å². The van der Waals surface area contributed by atoms with Crippen molar-refractivity contribution in [1.82, 2.24) is 20.1 Å². The van der Waals surface area contributed by atoms with E-state index >= 15 is 0 Å². The number of nitrogens with one attached hydrogen (secondary N) is 1. The zero-order chi connectivity index (χ0) is 27.4. The first-order valence-electron chi connectivity index (χ1n) is 12.6. The molecule has 0 aliphatic carbocycles. The zero-order valence-electron chi connectivity index (χ0n) is 21.7. The highest BCUT2D eigenvalue weighted by Gasteiger charge is 2.24. The van der Waals surface area contributed by atoms with Crippen LogP contribution in [-0.4, -0.2) is 46.0 Å². The number of halogens is 1. The molecular weight excluding hydrogens is 534 g/mol. The predicted molar refractivity (Wildman–Crippen MR) is 153 cm³/mol. The minimum absolute atomic E-state index is 0.0128. The fraction of sp³-hybridized carbons (Fsp3) is 0.241. The molecule has 0 saturated carbocycles. The van der Waals surface area contributed by atoms with E-state index in [4.69, 9.17) is 16.3 Å². The molecule has 0 radical (unpaired) electrons. The van der Waals surface area contributed by atoms with Gasteiger partial charge in [0.25, 0.3) is 5.91 Å². The SMILES string of the molecule is COc1ccc(C(=O)NCc2nnc(SCC(=O)N3CCCc4ccccc43)n2-c2cccc(Cl)c2C)cc1. The lowest BCUT2D eigenvalue weighted by Gasteiger charge is -2.29. The molecule has 5 rings (SSSR count). The van der Waals surface area contributed by atoms with E-state index in [-0.39, 0.29) is 24.1 Å². The van der Waals surface area contributed by atoms with E-state index < -0.39 is 0 Å². The van der Waals surface area contributed by atoms with E-state index in [1.54, 1.807) is 31.4 Å². The molecule has 200 valence electrons. The maximum Gasteiger partial charge on any atom is 0.251 e. The van der Waals surface area contributed by atoms with Crippen molar-refractivity contribution in [3.8, 4) is 11.4 Å². The van der Waals surface area contributed by atoms with Crippen LogP contribution < -0.4 is 15.0 Å². The van der Waals surface area contributed by atoms with Gasteiger partial charge in [-0.3, -0.25) is 14.2 Å². The van der Waals surface area contributed by atoms with Gasteiger partial charge in [0.2, 0.25) is 5.91 Å². The second kappa shape index (κ2) is 11.9. The summed E-state index contributed by atoms with van der Waals surface area (Å²) < 4.78 is 7.03. The van der Waals surface area contributed by atoms with E-state index in [1.807, 2.05) is 52.8 Å². The second-order valence-corrected chi connectivity index (χ2v) is 10.4. The summed E-state index contributed by atoms with van der Waals surface area (Å²) in [6, 6.07) is 20.5. The number of para-hydroxylation sites is 1. The number of carbonyl (C=O) groups excluding carboxylic acids is 2. The number of hydrogen-bond donors (Lipinski definition) is 1. The van der Waals surface area contributed by atoms with E-state index in [0.717, 1.165) is 29.8 Å². The third kappa shape index (κ3) is 5.79. The highest BCUT2D eigenvalue weighted by Crippen LogP contribution is 2.30. The van der Waals surface area contributed by atoms with Gasteiger partial charge in [-0.15, -0.1) is 10.2 Å². The van der Waals surface area contributed by atoms with Gasteiger partial charge in [0.1, 0.15) is 5.75 Å². The molecule has 1 aliphatic rings. The summed E-state index contributed by atoms with van der Waals surface area (Å²) >= 11 is 7.76. The summed E-state index contributed by atoms with van der Waals surface area (Å²) in [7, 11) is 1.58. The second-order valence-electron chi connectivity index (χ2n) is 9.10. The Morgan fingerprint density at radius 3 is 2.59 bits per heavy atom. The molecule has 2 amide bonds. The fourth-order valence-corrected chi connectivity index (χ4v) is 5.60. The first-order chi connectivity index (χ1) is 19.0. The summed E-state index contributed by atoms with van der Waals surface area (Å²) in [4.78, 5) is 27.9. The summed E-state index contributed by atoms with van der Waals surface area (Å²) in [5, 5.41) is 12.8. The number of thioether (sulfide) groups is 1. The number of rotatable bonds is 8. The minimum Gasteiger partial charge on any atom is -0.497 e. The highest BCUT2D eigenvalue weighted by atomic mass is 35.5. The molecule has 1 aromatic heterocycles. The molecule has 0 atom stereocenters. The van der Waals surface area contributed by atoms with Crippen LogP contribution in [0.1, 0.15) is 33.7 Å². The Hall–Kier alpha value is -3.82. The number of benzene rings is 3. The maximum atomic E-state index is 13.3. The summed E-state index contributed by atoms with van der Waals surface area (Å²) in [6.45, 7) is 2.75. The van der Waals surface area contributed by atoms with Gasteiger partial charge in [-0.05, 0) is 73.4 Å². The van der Waals surface area contributed by atoms with Crippen molar-refractivity contribution in [2.75, 3.05) is 24.3 Å². The van der Waals surface area contributed by atoms with Crippen molar-refractivity contribution in [1.29, 1.82) is 0 Å². The molecule has 8 nitrogen and oxygen atoms in total. The first-order valence-corrected chi connectivity index (χ1v) is 14.0. The monoisotopic (exact) mass is 561 g/mol. The van der Waals surface area contributed by atoms with Crippen molar-refractivity contribution >= 4 is 40.9 Å². The van der Waals surface area contributed by atoms with Crippen LogP contribution in [-0.2, 0) is 17.8 Å². The zero-order valence-corrected chi connectivity index (χ0v) is 23.3. The quantitative estimate of drug-likeness (QED) is 0.296. The van der Waals surface area contributed by atoms with Crippen LogP contribution in [0.15, 0.2) is 71.9 Å². The first kappa shape index (κ1) is 26.8. The van der Waals surface area contributed by atoms with Crippen LogP contribution >= 0.6 is 23.4 Å². The Kier molecular flexibility index (Phi) is 8.18. The average molecular weight is 562 g/mol. The number of ether oxygens (including phenoxy) is 1. The molecule has 1 N–H and O–H groups in total. The normalized spacial score (nSPS) is 12.6. The van der Waals surface area contributed by atoms with E-state index in [1.165, 1.54) is 17.3 Å². The van der Waals surface area contributed by atoms with Gasteiger partial charge < -0.3 is 15.0 Å². The third-order valence-corrected chi connectivity index (χ3v) is 8.00. The van der Waals surface area contributed by atoms with Gasteiger partial charge in [0, 0.05) is 22.8 Å². The molecule has 1 aliphatic heterocycles. The fourth-order valence-electron chi connectivity index (χ4n) is 4.59. The molecule has 3 aromatic carbocycles. The van der Waals surface area contributed by atoms with Crippen molar-refractivity contribution in [2.45, 2.75) is 31.5 Å². The maximum absolute atomic E-state index is 13.3. The topological polar surface area (TPSA) is 89.3 Å². The molecule has 10 heteroatoms. The van der Waals surface area contributed by atoms with Crippen molar-refractivity contribution in [3.05, 3.63) is 94.3 Å². The minimum atomic E-state index is -0.247. The number of amides is 2. The number of aryl methyl sites for hydroxylation is 1. The number of methoxy groups -OCH3 is 1. The molecule has 2 heterocycles. The number of anilines is 1. The van der Waals surface area contributed by atoms with Crippen LogP contribution in [0.25, 0.3) is 5.69 Å². The highest BCUT2D eigenvalue weighted by molar-refractivity contribution is 7.99. The Morgan fingerprint density at radius 1 is 1.03 bits per heavy atom. The molecule has 4 aromatic rings. The Morgan fingerprint density at radius 2 is 1.79 bits per heavy atom. The van der Waals surface area contributed by atoms with E-state index in [0.29, 0.717) is 33.9 Å². The summed E-state index contributed by atoms with van der Waals surface area (Å²) in [5.41, 5.74) is 4.31. The molecule has 0 saturated heterocycles. The van der Waals surface area contributed by atoms with E-state index in [9.17, 15) is 9.59 Å². The largest absolute Gasteiger partial charge is 0.497 e. The lowest BCUT2D eigenvalue weighted by Crippen LogP contribution is -2.36. The van der Waals surface area contributed by atoms with E-state index in [2.05, 4.69) is 21.6 Å². The van der Waals surface area contributed by atoms with Gasteiger partial charge in [-0.1, -0.05) is 47.6 Å². The molecule has 0 spiro atoms.